The maximum atomic E-state index is 8.95. The van der Waals surface area contributed by atoms with Gasteiger partial charge in [0.2, 0.25) is 6.54 Å². The summed E-state index contributed by atoms with van der Waals surface area (Å²) in [6.07, 6.45) is 5.62. The molecule has 0 aromatic carbocycles. The van der Waals surface area contributed by atoms with E-state index in [2.05, 4.69) is 4.85 Å². The Morgan fingerprint density at radius 2 is 1.18 bits per heavy atom. The largest absolute Gasteiger partial charge is 0.396 e. The summed E-state index contributed by atoms with van der Waals surface area (Å²) in [6, 6.07) is 0. The summed E-state index contributed by atoms with van der Waals surface area (Å²) in [7, 11) is 0. The number of aliphatic hydroxyl groups is 3. The normalized spacial score (nSPS) is 11.4. The third kappa shape index (κ3) is 7.32. The van der Waals surface area contributed by atoms with Crippen molar-refractivity contribution in [3.05, 3.63) is 11.4 Å². The molecule has 0 rings (SSSR count). The van der Waals surface area contributed by atoms with E-state index in [4.69, 9.17) is 21.9 Å². The van der Waals surface area contributed by atoms with Crippen LogP contribution in [-0.4, -0.2) is 41.7 Å². The zero-order valence-corrected chi connectivity index (χ0v) is 10.6. The van der Waals surface area contributed by atoms with E-state index in [9.17, 15) is 0 Å². The molecule has 0 saturated carbocycles. The highest BCUT2D eigenvalue weighted by atomic mass is 16.3. The van der Waals surface area contributed by atoms with Crippen molar-refractivity contribution >= 4 is 0 Å². The van der Waals surface area contributed by atoms with Gasteiger partial charge in [-0.15, -0.1) is 0 Å². The van der Waals surface area contributed by atoms with Crippen LogP contribution in [0.1, 0.15) is 44.9 Å². The molecule has 0 aliphatic heterocycles. The first-order chi connectivity index (χ1) is 8.24. The molecular weight excluding hydrogens is 218 g/mol. The average Bonchev–Trinajstić information content (AvgIpc) is 2.37. The van der Waals surface area contributed by atoms with Gasteiger partial charge in [-0.2, -0.15) is 0 Å². The highest BCUT2D eigenvalue weighted by Gasteiger charge is 2.29. The molecule has 0 aliphatic carbocycles. The van der Waals surface area contributed by atoms with Crippen LogP contribution >= 0.6 is 0 Å². The van der Waals surface area contributed by atoms with E-state index in [0.29, 0.717) is 6.54 Å². The smallest absolute Gasteiger partial charge is 0.215 e. The SMILES string of the molecule is [C-]#[N+]CCC(CCCO)(CCCO)CCCO. The minimum Gasteiger partial charge on any atom is -0.396 e. The summed E-state index contributed by atoms with van der Waals surface area (Å²) in [5.74, 6) is 0. The van der Waals surface area contributed by atoms with Gasteiger partial charge in [0.15, 0.2) is 0 Å². The molecule has 0 bridgehead atoms. The fourth-order valence-corrected chi connectivity index (χ4v) is 2.41. The Hall–Kier alpha value is -0.630. The third-order valence-electron chi connectivity index (χ3n) is 3.35. The summed E-state index contributed by atoms with van der Waals surface area (Å²) in [4.78, 5) is 3.41. The Morgan fingerprint density at radius 1 is 0.765 bits per heavy atom. The Bertz CT molecular complexity index is 191. The van der Waals surface area contributed by atoms with Crippen LogP contribution in [0.3, 0.4) is 0 Å². The van der Waals surface area contributed by atoms with Crippen molar-refractivity contribution in [2.24, 2.45) is 5.41 Å². The van der Waals surface area contributed by atoms with Crippen LogP contribution in [0.25, 0.3) is 4.85 Å². The molecular formula is C13H25NO3. The summed E-state index contributed by atoms with van der Waals surface area (Å²) >= 11 is 0. The second-order valence-electron chi connectivity index (χ2n) is 4.61. The molecule has 3 N–H and O–H groups in total. The average molecular weight is 243 g/mol. The first-order valence-corrected chi connectivity index (χ1v) is 6.40. The molecule has 0 aromatic heterocycles. The quantitative estimate of drug-likeness (QED) is 0.483. The molecule has 4 nitrogen and oxygen atoms in total. The first-order valence-electron chi connectivity index (χ1n) is 6.40. The topological polar surface area (TPSA) is 65.0 Å². The maximum absolute atomic E-state index is 8.95. The molecule has 0 radical (unpaired) electrons. The molecule has 4 heteroatoms. The van der Waals surface area contributed by atoms with Crippen molar-refractivity contribution in [3.63, 3.8) is 0 Å². The number of aliphatic hydroxyl groups excluding tert-OH is 3. The monoisotopic (exact) mass is 243 g/mol. The van der Waals surface area contributed by atoms with Crippen molar-refractivity contribution in [1.29, 1.82) is 0 Å². The van der Waals surface area contributed by atoms with Crippen molar-refractivity contribution in [1.82, 2.24) is 0 Å². The molecule has 0 heterocycles. The lowest BCUT2D eigenvalue weighted by atomic mass is 9.73. The van der Waals surface area contributed by atoms with E-state index < -0.39 is 0 Å². The van der Waals surface area contributed by atoms with E-state index in [-0.39, 0.29) is 25.2 Å². The summed E-state index contributed by atoms with van der Waals surface area (Å²) in [5, 5.41) is 26.8. The van der Waals surface area contributed by atoms with Gasteiger partial charge in [0.25, 0.3) is 0 Å². The van der Waals surface area contributed by atoms with Crippen LogP contribution in [0.2, 0.25) is 0 Å². The lowest BCUT2D eigenvalue weighted by Crippen LogP contribution is -2.23. The Kier molecular flexibility index (Phi) is 10.1. The molecule has 17 heavy (non-hydrogen) atoms. The molecule has 100 valence electrons. The standard InChI is InChI=1S/C13H25NO3/c1-14-9-8-13(5-2-10-15,6-3-11-16)7-4-12-17/h15-17H,2-12H2. The van der Waals surface area contributed by atoms with Gasteiger partial charge >= 0.3 is 0 Å². The van der Waals surface area contributed by atoms with Gasteiger partial charge in [-0.25, -0.2) is 6.57 Å². The van der Waals surface area contributed by atoms with Crippen molar-refractivity contribution in [2.75, 3.05) is 26.4 Å². The number of nitrogens with zero attached hydrogens (tertiary/aromatic N) is 1. The van der Waals surface area contributed by atoms with Crippen molar-refractivity contribution < 1.29 is 15.3 Å². The molecule has 0 atom stereocenters. The van der Waals surface area contributed by atoms with E-state index >= 15 is 0 Å². The highest BCUT2D eigenvalue weighted by Crippen LogP contribution is 2.38. The van der Waals surface area contributed by atoms with E-state index in [0.717, 1.165) is 44.9 Å². The van der Waals surface area contributed by atoms with Gasteiger partial charge in [-0.1, -0.05) is 0 Å². The molecule has 0 aromatic rings. The summed E-state index contributed by atoms with van der Waals surface area (Å²) < 4.78 is 0. The van der Waals surface area contributed by atoms with Crippen LogP contribution in [0.15, 0.2) is 0 Å². The molecule has 0 amide bonds. The fourth-order valence-electron chi connectivity index (χ4n) is 2.41. The molecule has 0 aliphatic rings. The Balaban J connectivity index is 4.46. The van der Waals surface area contributed by atoms with Crippen molar-refractivity contribution in [3.8, 4) is 0 Å². The number of rotatable bonds is 11. The molecule has 0 spiro atoms. The zero-order chi connectivity index (χ0) is 13.0. The second-order valence-corrected chi connectivity index (χ2v) is 4.61. The second kappa shape index (κ2) is 10.5. The predicted molar refractivity (Wildman–Crippen MR) is 67.5 cm³/mol. The van der Waals surface area contributed by atoms with Gasteiger partial charge in [-0.3, -0.25) is 0 Å². The lowest BCUT2D eigenvalue weighted by molar-refractivity contribution is 0.142. The van der Waals surface area contributed by atoms with Crippen molar-refractivity contribution in [2.45, 2.75) is 44.9 Å². The minimum atomic E-state index is 0.0126. The van der Waals surface area contributed by atoms with E-state index in [1.54, 1.807) is 0 Å². The van der Waals surface area contributed by atoms with E-state index in [1.165, 1.54) is 0 Å². The number of hydrogen-bond donors (Lipinski definition) is 3. The summed E-state index contributed by atoms with van der Waals surface area (Å²) in [6.45, 7) is 7.87. The fraction of sp³-hybridized carbons (Fsp3) is 0.923. The molecule has 0 fully saturated rings. The predicted octanol–water partition coefficient (Wildman–Crippen LogP) is 1.60. The third-order valence-corrected chi connectivity index (χ3v) is 3.35. The lowest BCUT2D eigenvalue weighted by Gasteiger charge is -2.32. The highest BCUT2D eigenvalue weighted by molar-refractivity contribution is 4.82. The van der Waals surface area contributed by atoms with Gasteiger partial charge < -0.3 is 20.2 Å². The zero-order valence-electron chi connectivity index (χ0n) is 10.6. The van der Waals surface area contributed by atoms with Crippen LogP contribution < -0.4 is 0 Å². The van der Waals surface area contributed by atoms with Gasteiger partial charge in [-0.05, 0) is 43.9 Å². The maximum Gasteiger partial charge on any atom is 0.215 e. The summed E-state index contributed by atoms with van der Waals surface area (Å²) in [5.41, 5.74) is 0.0126. The Labute approximate surface area is 104 Å². The van der Waals surface area contributed by atoms with Gasteiger partial charge in [0.05, 0.1) is 0 Å². The van der Waals surface area contributed by atoms with Crippen LogP contribution in [0.5, 0.6) is 0 Å². The number of hydrogen-bond acceptors (Lipinski definition) is 3. The van der Waals surface area contributed by atoms with E-state index in [1.807, 2.05) is 0 Å². The van der Waals surface area contributed by atoms with Gasteiger partial charge in [0, 0.05) is 26.2 Å². The minimum absolute atomic E-state index is 0.0126. The first kappa shape index (κ1) is 16.4. The van der Waals surface area contributed by atoms with Gasteiger partial charge in [0.1, 0.15) is 0 Å². The van der Waals surface area contributed by atoms with Crippen LogP contribution in [0.4, 0.5) is 0 Å². The molecule has 0 unspecified atom stereocenters. The van der Waals surface area contributed by atoms with Crippen LogP contribution in [0, 0.1) is 12.0 Å². The molecule has 0 saturated heterocycles. The van der Waals surface area contributed by atoms with Crippen LogP contribution in [-0.2, 0) is 0 Å². The Morgan fingerprint density at radius 3 is 1.47 bits per heavy atom.